The second-order valence-corrected chi connectivity index (χ2v) is 7.70. The van der Waals surface area contributed by atoms with E-state index in [4.69, 9.17) is 0 Å². The summed E-state index contributed by atoms with van der Waals surface area (Å²) in [5, 5.41) is 3.03. The molecule has 0 fully saturated rings. The lowest BCUT2D eigenvalue weighted by Gasteiger charge is -2.21. The van der Waals surface area contributed by atoms with Crippen molar-refractivity contribution < 1.29 is 9.59 Å². The van der Waals surface area contributed by atoms with Crippen LogP contribution in [-0.4, -0.2) is 42.3 Å². The first kappa shape index (κ1) is 17.6. The normalized spacial score (nSPS) is 16.2. The number of aryl methyl sites for hydroxylation is 1. The Morgan fingerprint density at radius 1 is 1.36 bits per heavy atom. The van der Waals surface area contributed by atoms with Crippen LogP contribution >= 0.6 is 11.3 Å². The minimum absolute atomic E-state index is 0.00635. The van der Waals surface area contributed by atoms with Crippen LogP contribution in [0.15, 0.2) is 30.5 Å². The smallest absolute Gasteiger partial charge is 0.263 e. The molecule has 2 heterocycles. The quantitative estimate of drug-likeness (QED) is 0.893. The summed E-state index contributed by atoms with van der Waals surface area (Å²) in [7, 11) is 3.53. The number of fused-ring (bicyclic) bond motifs is 1. The monoisotopic (exact) mass is 357 g/mol. The van der Waals surface area contributed by atoms with Gasteiger partial charge in [0.05, 0.1) is 4.88 Å². The number of thiophene rings is 1. The van der Waals surface area contributed by atoms with Gasteiger partial charge in [0.15, 0.2) is 0 Å². The van der Waals surface area contributed by atoms with Crippen molar-refractivity contribution in [1.29, 1.82) is 0 Å². The SMILES string of the molecule is CN(C)C(=O)c1cc2c(s1)CC[C@@H](C(=O)NCCc1ccccn1)C2. The molecule has 6 heteroatoms. The van der Waals surface area contributed by atoms with Gasteiger partial charge in [0.25, 0.3) is 5.91 Å². The summed E-state index contributed by atoms with van der Waals surface area (Å²) in [5.41, 5.74) is 2.14. The zero-order valence-corrected chi connectivity index (χ0v) is 15.4. The Balaban J connectivity index is 1.55. The second-order valence-electron chi connectivity index (χ2n) is 6.56. The maximum Gasteiger partial charge on any atom is 0.263 e. The molecular formula is C19H23N3O2S. The molecule has 5 nitrogen and oxygen atoms in total. The molecule has 0 aromatic carbocycles. The Hall–Kier alpha value is -2.21. The molecule has 0 unspecified atom stereocenters. The number of rotatable bonds is 5. The summed E-state index contributed by atoms with van der Waals surface area (Å²) < 4.78 is 0. The van der Waals surface area contributed by atoms with E-state index in [0.717, 1.165) is 41.8 Å². The fraction of sp³-hybridized carbons (Fsp3) is 0.421. The highest BCUT2D eigenvalue weighted by Crippen LogP contribution is 2.32. The molecule has 1 N–H and O–H groups in total. The molecule has 3 rings (SSSR count). The number of aromatic nitrogens is 1. The van der Waals surface area contributed by atoms with Crippen LogP contribution in [0, 0.1) is 5.92 Å². The molecule has 1 aliphatic carbocycles. The molecule has 132 valence electrons. The van der Waals surface area contributed by atoms with E-state index in [0.29, 0.717) is 6.54 Å². The van der Waals surface area contributed by atoms with Crippen LogP contribution in [0.1, 0.15) is 32.2 Å². The van der Waals surface area contributed by atoms with E-state index in [-0.39, 0.29) is 17.7 Å². The minimum Gasteiger partial charge on any atom is -0.355 e. The maximum absolute atomic E-state index is 12.4. The van der Waals surface area contributed by atoms with Crippen LogP contribution in [0.5, 0.6) is 0 Å². The summed E-state index contributed by atoms with van der Waals surface area (Å²) in [6, 6.07) is 7.77. The second kappa shape index (κ2) is 7.78. The highest BCUT2D eigenvalue weighted by molar-refractivity contribution is 7.14. The average Bonchev–Trinajstić information content (AvgIpc) is 3.04. The van der Waals surface area contributed by atoms with Crippen LogP contribution in [0.25, 0.3) is 0 Å². The Morgan fingerprint density at radius 3 is 2.92 bits per heavy atom. The van der Waals surface area contributed by atoms with Crippen LogP contribution < -0.4 is 5.32 Å². The van der Waals surface area contributed by atoms with E-state index in [1.165, 1.54) is 4.88 Å². The van der Waals surface area contributed by atoms with Gasteiger partial charge < -0.3 is 10.2 Å². The van der Waals surface area contributed by atoms with Gasteiger partial charge in [-0.25, -0.2) is 0 Å². The van der Waals surface area contributed by atoms with Crippen molar-refractivity contribution >= 4 is 23.2 Å². The Kier molecular flexibility index (Phi) is 5.48. The molecule has 0 bridgehead atoms. The largest absolute Gasteiger partial charge is 0.355 e. The van der Waals surface area contributed by atoms with Crippen LogP contribution in [0.2, 0.25) is 0 Å². The first-order valence-electron chi connectivity index (χ1n) is 8.55. The van der Waals surface area contributed by atoms with E-state index in [2.05, 4.69) is 10.3 Å². The fourth-order valence-corrected chi connectivity index (χ4v) is 4.31. The van der Waals surface area contributed by atoms with E-state index in [9.17, 15) is 9.59 Å². The van der Waals surface area contributed by atoms with Crippen molar-refractivity contribution in [2.75, 3.05) is 20.6 Å². The van der Waals surface area contributed by atoms with E-state index < -0.39 is 0 Å². The third kappa shape index (κ3) is 4.25. The Morgan fingerprint density at radius 2 is 2.20 bits per heavy atom. The Bertz CT molecular complexity index is 755. The number of nitrogens with zero attached hydrogens (tertiary/aromatic N) is 2. The van der Waals surface area contributed by atoms with E-state index in [1.807, 2.05) is 24.3 Å². The van der Waals surface area contributed by atoms with Gasteiger partial charge in [-0.3, -0.25) is 14.6 Å². The first-order chi connectivity index (χ1) is 12.0. The predicted octanol–water partition coefficient (Wildman–Crippen LogP) is 2.31. The fourth-order valence-electron chi connectivity index (χ4n) is 3.08. The predicted molar refractivity (Wildman–Crippen MR) is 98.8 cm³/mol. The van der Waals surface area contributed by atoms with Crippen molar-refractivity contribution in [1.82, 2.24) is 15.2 Å². The van der Waals surface area contributed by atoms with Gasteiger partial charge in [-0.05, 0) is 43.0 Å². The zero-order chi connectivity index (χ0) is 17.8. The maximum atomic E-state index is 12.4. The number of pyridine rings is 1. The van der Waals surface area contributed by atoms with Gasteiger partial charge in [0.2, 0.25) is 5.91 Å². The van der Waals surface area contributed by atoms with Gasteiger partial charge in [-0.1, -0.05) is 6.07 Å². The number of amides is 2. The number of nitrogens with one attached hydrogen (secondary N) is 1. The first-order valence-corrected chi connectivity index (χ1v) is 9.37. The molecule has 2 aromatic rings. The molecule has 1 aliphatic rings. The lowest BCUT2D eigenvalue weighted by atomic mass is 9.87. The Labute approximate surface area is 152 Å². The standard InChI is InChI=1S/C19H23N3O2S/c1-22(2)19(24)17-12-14-11-13(6-7-16(14)25-17)18(23)21-10-8-15-5-3-4-9-20-15/h3-5,9,12-13H,6-8,10-11H2,1-2H3,(H,21,23)/t13-/m1/s1. The number of hydrogen-bond donors (Lipinski definition) is 1. The van der Waals surface area contributed by atoms with E-state index in [1.54, 1.807) is 36.5 Å². The molecule has 0 aliphatic heterocycles. The highest BCUT2D eigenvalue weighted by atomic mass is 32.1. The molecular weight excluding hydrogens is 334 g/mol. The number of carbonyl (C=O) groups is 2. The molecule has 2 aromatic heterocycles. The van der Waals surface area contributed by atoms with Crippen molar-refractivity contribution in [2.24, 2.45) is 5.92 Å². The van der Waals surface area contributed by atoms with Crippen LogP contribution in [0.4, 0.5) is 0 Å². The van der Waals surface area contributed by atoms with Crippen molar-refractivity contribution in [3.8, 4) is 0 Å². The van der Waals surface area contributed by atoms with Crippen molar-refractivity contribution in [3.63, 3.8) is 0 Å². The van der Waals surface area contributed by atoms with Crippen LogP contribution in [-0.2, 0) is 24.1 Å². The molecule has 2 amide bonds. The van der Waals surface area contributed by atoms with Gasteiger partial charge >= 0.3 is 0 Å². The van der Waals surface area contributed by atoms with Gasteiger partial charge in [-0.15, -0.1) is 11.3 Å². The summed E-state index contributed by atoms with van der Waals surface area (Å²) in [4.78, 5) is 32.4. The molecule has 0 saturated heterocycles. The summed E-state index contributed by atoms with van der Waals surface area (Å²) in [6.45, 7) is 0.604. The summed E-state index contributed by atoms with van der Waals surface area (Å²) in [6.07, 6.45) is 4.95. The lowest BCUT2D eigenvalue weighted by Crippen LogP contribution is -2.35. The molecule has 1 atom stereocenters. The molecule has 25 heavy (non-hydrogen) atoms. The number of hydrogen-bond acceptors (Lipinski definition) is 4. The third-order valence-electron chi connectivity index (χ3n) is 4.48. The van der Waals surface area contributed by atoms with Crippen molar-refractivity contribution in [2.45, 2.75) is 25.7 Å². The summed E-state index contributed by atoms with van der Waals surface area (Å²) >= 11 is 1.57. The van der Waals surface area contributed by atoms with Crippen molar-refractivity contribution in [3.05, 3.63) is 51.5 Å². The zero-order valence-electron chi connectivity index (χ0n) is 14.6. The molecule has 0 spiro atoms. The van der Waals surface area contributed by atoms with Gasteiger partial charge in [0, 0.05) is 49.7 Å². The third-order valence-corrected chi connectivity index (χ3v) is 5.70. The molecule has 0 radical (unpaired) electrons. The average molecular weight is 357 g/mol. The highest BCUT2D eigenvalue weighted by Gasteiger charge is 2.27. The van der Waals surface area contributed by atoms with E-state index >= 15 is 0 Å². The summed E-state index contributed by atoms with van der Waals surface area (Å²) in [5.74, 6) is 0.136. The topological polar surface area (TPSA) is 62.3 Å². The van der Waals surface area contributed by atoms with Gasteiger partial charge in [-0.2, -0.15) is 0 Å². The van der Waals surface area contributed by atoms with Crippen LogP contribution in [0.3, 0.4) is 0 Å². The molecule has 0 saturated carbocycles. The van der Waals surface area contributed by atoms with Gasteiger partial charge in [0.1, 0.15) is 0 Å². The number of carbonyl (C=O) groups excluding carboxylic acids is 2. The minimum atomic E-state index is -0.00635. The lowest BCUT2D eigenvalue weighted by molar-refractivity contribution is -0.125.